The molecule has 0 saturated carbocycles. The third kappa shape index (κ3) is 1.76. The minimum absolute atomic E-state index is 0.278. The number of fused-ring (bicyclic) bond motifs is 1. The molecule has 16 heavy (non-hydrogen) atoms. The molecule has 0 radical (unpaired) electrons. The highest BCUT2D eigenvalue weighted by atomic mass is 16.5. The molecule has 1 fully saturated rings. The van der Waals surface area contributed by atoms with Crippen LogP contribution in [0.4, 0.5) is 0 Å². The van der Waals surface area contributed by atoms with Gasteiger partial charge in [-0.25, -0.2) is 0 Å². The van der Waals surface area contributed by atoms with Crippen molar-refractivity contribution in [2.24, 2.45) is 5.92 Å². The number of phenols is 1. The molecule has 2 aliphatic heterocycles. The zero-order chi connectivity index (χ0) is 11.0. The van der Waals surface area contributed by atoms with Crippen LogP contribution in [0.3, 0.4) is 0 Å². The van der Waals surface area contributed by atoms with Crippen LogP contribution >= 0.6 is 0 Å². The van der Waals surface area contributed by atoms with Crippen LogP contribution < -0.4 is 4.74 Å². The van der Waals surface area contributed by atoms with Crippen LogP contribution in [0.5, 0.6) is 11.5 Å². The van der Waals surface area contributed by atoms with Gasteiger partial charge in [0, 0.05) is 12.5 Å². The number of phenolic OH excluding ortho intramolecular Hbond substituents is 1. The Morgan fingerprint density at radius 2 is 2.25 bits per heavy atom. The first kappa shape index (κ1) is 9.97. The topological polar surface area (TPSA) is 32.7 Å². The number of nitrogens with zero attached hydrogens (tertiary/aromatic N) is 1. The molecule has 1 unspecified atom stereocenters. The Bertz CT molecular complexity index is 388. The van der Waals surface area contributed by atoms with Gasteiger partial charge in [-0.2, -0.15) is 0 Å². The Hall–Kier alpha value is -1.22. The van der Waals surface area contributed by atoms with E-state index >= 15 is 0 Å². The number of hydrogen-bond acceptors (Lipinski definition) is 3. The second-order valence-electron chi connectivity index (χ2n) is 4.80. The lowest BCUT2D eigenvalue weighted by Gasteiger charge is -2.35. The summed E-state index contributed by atoms with van der Waals surface area (Å²) in [4.78, 5) is 2.47. The van der Waals surface area contributed by atoms with E-state index in [4.69, 9.17) is 4.74 Å². The second-order valence-corrected chi connectivity index (χ2v) is 4.80. The largest absolute Gasteiger partial charge is 0.504 e. The van der Waals surface area contributed by atoms with E-state index in [-0.39, 0.29) is 5.75 Å². The van der Waals surface area contributed by atoms with Gasteiger partial charge in [0.15, 0.2) is 11.5 Å². The SMILES string of the molecule is Oc1cccc2c1OCC(CN1CCC1)C2. The van der Waals surface area contributed by atoms with Crippen molar-refractivity contribution in [3.63, 3.8) is 0 Å². The summed E-state index contributed by atoms with van der Waals surface area (Å²) in [6.07, 6.45) is 2.37. The Kier molecular flexibility index (Phi) is 2.48. The van der Waals surface area contributed by atoms with Gasteiger partial charge in [-0.3, -0.25) is 0 Å². The molecule has 0 amide bonds. The molecule has 0 spiro atoms. The first-order chi connectivity index (χ1) is 7.83. The lowest BCUT2D eigenvalue weighted by atomic mass is 9.95. The summed E-state index contributed by atoms with van der Waals surface area (Å²) in [5.41, 5.74) is 1.15. The van der Waals surface area contributed by atoms with E-state index in [1.807, 2.05) is 6.07 Å². The van der Waals surface area contributed by atoms with Crippen LogP contribution in [0, 0.1) is 5.92 Å². The summed E-state index contributed by atoms with van der Waals surface area (Å²) >= 11 is 0. The van der Waals surface area contributed by atoms with Gasteiger partial charge in [0.25, 0.3) is 0 Å². The van der Waals surface area contributed by atoms with E-state index in [2.05, 4.69) is 11.0 Å². The number of para-hydroxylation sites is 1. The summed E-state index contributed by atoms with van der Waals surface area (Å²) < 4.78 is 5.66. The van der Waals surface area contributed by atoms with E-state index < -0.39 is 0 Å². The average Bonchev–Trinajstić information content (AvgIpc) is 2.24. The van der Waals surface area contributed by atoms with E-state index in [9.17, 15) is 5.11 Å². The predicted octanol–water partition coefficient (Wildman–Crippen LogP) is 1.65. The number of benzene rings is 1. The fourth-order valence-electron chi connectivity index (χ4n) is 2.52. The molecule has 2 heterocycles. The standard InChI is InChI=1S/C13H17NO2/c15-12-4-1-3-11-7-10(9-16-13(11)12)8-14-5-2-6-14/h1,3-4,10,15H,2,5-9H2. The van der Waals surface area contributed by atoms with E-state index in [1.54, 1.807) is 6.07 Å². The van der Waals surface area contributed by atoms with Crippen LogP contribution in [0.15, 0.2) is 18.2 Å². The van der Waals surface area contributed by atoms with E-state index in [0.29, 0.717) is 11.7 Å². The Labute approximate surface area is 95.6 Å². The molecule has 1 N–H and O–H groups in total. The van der Waals surface area contributed by atoms with Crippen molar-refractivity contribution in [3.05, 3.63) is 23.8 Å². The normalized spacial score (nSPS) is 24.4. The molecule has 1 atom stereocenters. The van der Waals surface area contributed by atoms with Gasteiger partial charge < -0.3 is 14.7 Å². The van der Waals surface area contributed by atoms with Gasteiger partial charge in [-0.1, -0.05) is 12.1 Å². The first-order valence-corrected chi connectivity index (χ1v) is 5.99. The fraction of sp³-hybridized carbons (Fsp3) is 0.538. The summed E-state index contributed by atoms with van der Waals surface area (Å²) in [6.45, 7) is 4.35. The van der Waals surface area contributed by atoms with Crippen molar-refractivity contribution < 1.29 is 9.84 Å². The summed E-state index contributed by atoms with van der Waals surface area (Å²) in [5.74, 6) is 1.55. The fourth-order valence-corrected chi connectivity index (χ4v) is 2.52. The molecule has 86 valence electrons. The number of ether oxygens (including phenoxy) is 1. The lowest BCUT2D eigenvalue weighted by Crippen LogP contribution is -2.42. The molecule has 1 saturated heterocycles. The second kappa shape index (κ2) is 3.98. The van der Waals surface area contributed by atoms with Gasteiger partial charge in [0.1, 0.15) is 0 Å². The first-order valence-electron chi connectivity index (χ1n) is 5.99. The molecule has 3 rings (SSSR count). The molecule has 1 aromatic rings. The van der Waals surface area contributed by atoms with E-state index in [1.165, 1.54) is 19.5 Å². The summed E-state index contributed by atoms with van der Waals surface area (Å²) in [6, 6.07) is 5.63. The van der Waals surface area contributed by atoms with Crippen molar-refractivity contribution in [3.8, 4) is 11.5 Å². The van der Waals surface area contributed by atoms with Crippen LogP contribution in [-0.4, -0.2) is 36.2 Å². The van der Waals surface area contributed by atoms with Crippen LogP contribution in [-0.2, 0) is 6.42 Å². The van der Waals surface area contributed by atoms with Gasteiger partial charge in [-0.15, -0.1) is 0 Å². The Morgan fingerprint density at radius 3 is 3.00 bits per heavy atom. The quantitative estimate of drug-likeness (QED) is 0.821. The lowest BCUT2D eigenvalue weighted by molar-refractivity contribution is 0.115. The van der Waals surface area contributed by atoms with Crippen molar-refractivity contribution in [1.82, 2.24) is 4.90 Å². The third-order valence-corrected chi connectivity index (χ3v) is 3.51. The molecular formula is C13H17NO2. The number of rotatable bonds is 2. The summed E-state index contributed by atoms with van der Waals surface area (Å²) in [7, 11) is 0. The van der Waals surface area contributed by atoms with E-state index in [0.717, 1.165) is 25.1 Å². The zero-order valence-electron chi connectivity index (χ0n) is 9.35. The minimum atomic E-state index is 0.278. The van der Waals surface area contributed by atoms with Crippen molar-refractivity contribution >= 4 is 0 Å². The van der Waals surface area contributed by atoms with Gasteiger partial charge in [-0.05, 0) is 37.6 Å². The van der Waals surface area contributed by atoms with Crippen molar-refractivity contribution in [2.45, 2.75) is 12.8 Å². The highest BCUT2D eigenvalue weighted by molar-refractivity contribution is 5.46. The molecular weight excluding hydrogens is 202 g/mol. The van der Waals surface area contributed by atoms with Crippen LogP contribution in [0.25, 0.3) is 0 Å². The maximum atomic E-state index is 9.65. The molecule has 0 bridgehead atoms. The van der Waals surface area contributed by atoms with Gasteiger partial charge >= 0.3 is 0 Å². The Balaban J connectivity index is 1.70. The summed E-state index contributed by atoms with van der Waals surface area (Å²) in [5, 5.41) is 9.65. The molecule has 1 aromatic carbocycles. The van der Waals surface area contributed by atoms with Crippen molar-refractivity contribution in [1.29, 1.82) is 0 Å². The molecule has 3 heteroatoms. The Morgan fingerprint density at radius 1 is 1.38 bits per heavy atom. The maximum Gasteiger partial charge on any atom is 0.164 e. The maximum absolute atomic E-state index is 9.65. The molecule has 3 nitrogen and oxygen atoms in total. The minimum Gasteiger partial charge on any atom is -0.504 e. The number of hydrogen-bond donors (Lipinski definition) is 1. The zero-order valence-corrected chi connectivity index (χ0v) is 9.35. The average molecular weight is 219 g/mol. The monoisotopic (exact) mass is 219 g/mol. The molecule has 0 aliphatic carbocycles. The highest BCUT2D eigenvalue weighted by Crippen LogP contribution is 2.35. The molecule has 2 aliphatic rings. The van der Waals surface area contributed by atoms with Gasteiger partial charge in [0.05, 0.1) is 6.61 Å². The van der Waals surface area contributed by atoms with Crippen molar-refractivity contribution in [2.75, 3.05) is 26.2 Å². The third-order valence-electron chi connectivity index (χ3n) is 3.51. The molecule has 0 aromatic heterocycles. The number of likely N-dealkylation sites (tertiary alicyclic amines) is 1. The van der Waals surface area contributed by atoms with Crippen LogP contribution in [0.2, 0.25) is 0 Å². The highest BCUT2D eigenvalue weighted by Gasteiger charge is 2.25. The van der Waals surface area contributed by atoms with Gasteiger partial charge in [0.2, 0.25) is 0 Å². The number of aromatic hydroxyl groups is 1. The smallest absolute Gasteiger partial charge is 0.164 e. The van der Waals surface area contributed by atoms with Crippen LogP contribution in [0.1, 0.15) is 12.0 Å². The predicted molar refractivity (Wildman–Crippen MR) is 61.9 cm³/mol.